The van der Waals surface area contributed by atoms with Crippen molar-refractivity contribution in [2.24, 2.45) is 0 Å². The summed E-state index contributed by atoms with van der Waals surface area (Å²) in [4.78, 5) is 0.378. The van der Waals surface area contributed by atoms with Gasteiger partial charge in [-0.05, 0) is 54.2 Å². The van der Waals surface area contributed by atoms with Crippen LogP contribution < -0.4 is 0 Å². The Morgan fingerprint density at radius 1 is 1.07 bits per heavy atom. The average molecular weight is 432 g/mol. The molecule has 2 heterocycles. The van der Waals surface area contributed by atoms with Crippen molar-refractivity contribution in [3.05, 3.63) is 53.6 Å². The molecule has 0 aromatic heterocycles. The number of sulfonamides is 1. The molecule has 0 spiro atoms. The lowest BCUT2D eigenvalue weighted by Gasteiger charge is -2.33. The summed E-state index contributed by atoms with van der Waals surface area (Å²) in [6.45, 7) is 4.91. The third-order valence-electron chi connectivity index (χ3n) is 5.64. The van der Waals surface area contributed by atoms with Crippen LogP contribution in [0.15, 0.2) is 47.4 Å². The molecule has 0 radical (unpaired) electrons. The number of hydrogen-bond acceptors (Lipinski definition) is 5. The zero-order valence-electron chi connectivity index (χ0n) is 17.7. The summed E-state index contributed by atoms with van der Waals surface area (Å²) in [5.41, 5.74) is 4.14. The van der Waals surface area contributed by atoms with E-state index in [2.05, 4.69) is 24.3 Å². The van der Waals surface area contributed by atoms with Gasteiger partial charge in [-0.2, -0.15) is 4.31 Å². The highest BCUT2D eigenvalue weighted by atomic mass is 32.2. The van der Waals surface area contributed by atoms with Gasteiger partial charge < -0.3 is 14.2 Å². The molecule has 0 saturated carbocycles. The van der Waals surface area contributed by atoms with Crippen molar-refractivity contribution >= 4 is 10.0 Å². The molecule has 30 heavy (non-hydrogen) atoms. The molecule has 4 rings (SSSR count). The molecule has 1 unspecified atom stereocenters. The molecule has 0 bridgehead atoms. The summed E-state index contributed by atoms with van der Waals surface area (Å²) in [5, 5.41) is 0. The molecule has 2 saturated heterocycles. The predicted molar refractivity (Wildman–Crippen MR) is 115 cm³/mol. The lowest BCUT2D eigenvalue weighted by molar-refractivity contribution is -0.376. The fraction of sp³-hybridized carbons (Fsp3) is 0.478. The first-order valence-electron chi connectivity index (χ1n) is 10.5. The zero-order valence-corrected chi connectivity index (χ0v) is 18.5. The number of ether oxygens (including phenoxy) is 3. The predicted octanol–water partition coefficient (Wildman–Crippen LogP) is 3.59. The van der Waals surface area contributed by atoms with Crippen molar-refractivity contribution in [2.45, 2.75) is 56.7 Å². The number of hydrogen-bond donors (Lipinski definition) is 0. The normalized spacial score (nSPS) is 23.4. The molecule has 2 aliphatic heterocycles. The van der Waals surface area contributed by atoms with Crippen LogP contribution >= 0.6 is 0 Å². The van der Waals surface area contributed by atoms with E-state index in [0.717, 1.165) is 29.5 Å². The molecule has 2 fully saturated rings. The summed E-state index contributed by atoms with van der Waals surface area (Å²) in [6.07, 6.45) is 2.23. The highest BCUT2D eigenvalue weighted by molar-refractivity contribution is 7.89. The summed E-state index contributed by atoms with van der Waals surface area (Å²) in [6, 6.07) is 14.0. The molecule has 0 aliphatic carbocycles. The van der Waals surface area contributed by atoms with Crippen molar-refractivity contribution in [3.8, 4) is 11.1 Å². The Balaban J connectivity index is 1.48. The van der Waals surface area contributed by atoms with Gasteiger partial charge in [0.25, 0.3) is 0 Å². The van der Waals surface area contributed by atoms with Gasteiger partial charge in [-0.3, -0.25) is 0 Å². The molecule has 0 N–H and O–H groups in total. The molecule has 6 nitrogen and oxygen atoms in total. The van der Waals surface area contributed by atoms with Gasteiger partial charge in [-0.1, -0.05) is 37.3 Å². The molecular formula is C23H29NO5S. The topological polar surface area (TPSA) is 68.4 Å². The van der Waals surface area contributed by atoms with E-state index in [1.165, 1.54) is 9.87 Å². The number of rotatable bonds is 9. The van der Waals surface area contributed by atoms with E-state index in [0.29, 0.717) is 24.5 Å². The van der Waals surface area contributed by atoms with E-state index >= 15 is 0 Å². The van der Waals surface area contributed by atoms with Gasteiger partial charge >= 0.3 is 0 Å². The SMILES string of the molecule is CCc1cc(-c2ccc(CCC3OC(C)O3)cc2)ccc1S(=O)(=O)N(C)CC1CO1. The van der Waals surface area contributed by atoms with Crippen LogP contribution in [0.1, 0.15) is 31.4 Å². The Hall–Kier alpha value is -1.77. The van der Waals surface area contributed by atoms with Crippen LogP contribution in [0.5, 0.6) is 0 Å². The van der Waals surface area contributed by atoms with Gasteiger partial charge in [0, 0.05) is 20.0 Å². The van der Waals surface area contributed by atoms with Crippen molar-refractivity contribution in [1.29, 1.82) is 0 Å². The molecule has 2 aromatic carbocycles. The van der Waals surface area contributed by atoms with Crippen LogP contribution in [0.4, 0.5) is 0 Å². The smallest absolute Gasteiger partial charge is 0.243 e. The summed E-state index contributed by atoms with van der Waals surface area (Å²) in [7, 11) is -1.91. The maximum Gasteiger partial charge on any atom is 0.243 e. The standard InChI is InChI=1S/C23H29NO5S/c1-4-18-13-20(10-11-22(18)30(25,26)24(3)14-21-15-27-21)19-8-5-17(6-9-19)7-12-23-28-16(2)29-23/h5-6,8-11,13,16,21,23H,4,7,12,14-15H2,1-3H3. The molecule has 2 aromatic rings. The second-order valence-electron chi connectivity index (χ2n) is 7.92. The van der Waals surface area contributed by atoms with Crippen LogP contribution in [-0.2, 0) is 37.1 Å². The van der Waals surface area contributed by atoms with Crippen molar-refractivity contribution in [1.82, 2.24) is 4.31 Å². The number of likely N-dealkylation sites (N-methyl/N-ethyl adjacent to an activating group) is 1. The highest BCUT2D eigenvalue weighted by Gasteiger charge is 2.31. The molecule has 2 aliphatic rings. The van der Waals surface area contributed by atoms with Crippen molar-refractivity contribution < 1.29 is 22.6 Å². The zero-order chi connectivity index (χ0) is 21.3. The third-order valence-corrected chi connectivity index (χ3v) is 7.56. The van der Waals surface area contributed by atoms with E-state index in [1.807, 2.05) is 26.0 Å². The van der Waals surface area contributed by atoms with Crippen LogP contribution in [0.25, 0.3) is 11.1 Å². The van der Waals surface area contributed by atoms with Gasteiger partial charge in [0.1, 0.15) is 0 Å². The summed E-state index contributed by atoms with van der Waals surface area (Å²) < 4.78 is 43.5. The Morgan fingerprint density at radius 2 is 1.73 bits per heavy atom. The lowest BCUT2D eigenvalue weighted by Crippen LogP contribution is -2.38. The third kappa shape index (κ3) is 4.76. The summed E-state index contributed by atoms with van der Waals surface area (Å²) in [5.74, 6) is 0. The number of nitrogens with zero attached hydrogens (tertiary/aromatic N) is 1. The number of aryl methyl sites for hydroxylation is 2. The largest absolute Gasteiger partial charge is 0.372 e. The van der Waals surface area contributed by atoms with Crippen LogP contribution in [0.3, 0.4) is 0 Å². The van der Waals surface area contributed by atoms with Gasteiger partial charge in [-0.15, -0.1) is 0 Å². The first kappa shape index (κ1) is 21.5. The second kappa shape index (κ2) is 8.77. The molecule has 7 heteroatoms. The van der Waals surface area contributed by atoms with Gasteiger partial charge in [0.15, 0.2) is 12.6 Å². The Kier molecular flexibility index (Phi) is 6.27. The van der Waals surface area contributed by atoms with Crippen LogP contribution in [0.2, 0.25) is 0 Å². The lowest BCUT2D eigenvalue weighted by atomic mass is 9.99. The van der Waals surface area contributed by atoms with Crippen molar-refractivity contribution in [3.63, 3.8) is 0 Å². The molecule has 0 amide bonds. The Morgan fingerprint density at radius 3 is 2.33 bits per heavy atom. The van der Waals surface area contributed by atoms with E-state index in [-0.39, 0.29) is 18.7 Å². The van der Waals surface area contributed by atoms with Crippen LogP contribution in [0, 0.1) is 0 Å². The van der Waals surface area contributed by atoms with Crippen molar-refractivity contribution in [2.75, 3.05) is 20.2 Å². The van der Waals surface area contributed by atoms with E-state index < -0.39 is 10.0 Å². The number of benzene rings is 2. The Bertz CT molecular complexity index is 979. The maximum absolute atomic E-state index is 13.0. The molecule has 1 atom stereocenters. The number of epoxide rings is 1. The van der Waals surface area contributed by atoms with E-state index in [1.54, 1.807) is 13.1 Å². The van der Waals surface area contributed by atoms with Gasteiger partial charge in [0.2, 0.25) is 10.0 Å². The molecular weight excluding hydrogens is 402 g/mol. The minimum absolute atomic E-state index is 0.0263. The van der Waals surface area contributed by atoms with Gasteiger partial charge in [0.05, 0.1) is 17.6 Å². The van der Waals surface area contributed by atoms with E-state index in [9.17, 15) is 8.42 Å². The quantitative estimate of drug-likeness (QED) is 0.568. The first-order valence-corrected chi connectivity index (χ1v) is 11.9. The average Bonchev–Trinajstić information content (AvgIpc) is 3.54. The summed E-state index contributed by atoms with van der Waals surface area (Å²) >= 11 is 0. The fourth-order valence-corrected chi connectivity index (χ4v) is 5.21. The fourth-order valence-electron chi connectivity index (χ4n) is 3.74. The Labute approximate surface area is 178 Å². The monoisotopic (exact) mass is 431 g/mol. The highest BCUT2D eigenvalue weighted by Crippen LogP contribution is 2.28. The molecule has 162 valence electrons. The minimum Gasteiger partial charge on any atom is -0.372 e. The minimum atomic E-state index is -3.53. The second-order valence-corrected chi connectivity index (χ2v) is 9.94. The first-order chi connectivity index (χ1) is 14.4. The van der Waals surface area contributed by atoms with Gasteiger partial charge in [-0.25, -0.2) is 8.42 Å². The van der Waals surface area contributed by atoms with Crippen LogP contribution in [-0.4, -0.2) is 51.6 Å². The van der Waals surface area contributed by atoms with E-state index in [4.69, 9.17) is 14.2 Å². The maximum atomic E-state index is 13.0.